The van der Waals surface area contributed by atoms with Crippen LogP contribution in [0.5, 0.6) is 0 Å². The van der Waals surface area contributed by atoms with Gasteiger partial charge in [-0.2, -0.15) is 0 Å². The van der Waals surface area contributed by atoms with E-state index in [0.29, 0.717) is 23.6 Å². The van der Waals surface area contributed by atoms with Gasteiger partial charge in [0.25, 0.3) is 5.91 Å². The number of pyridine rings is 1. The number of carbonyl (C=O) groups is 2. The molecule has 1 aromatic heterocycles. The zero-order chi connectivity index (χ0) is 16.1. The first-order valence-corrected chi connectivity index (χ1v) is 7.71. The molecule has 2 heterocycles. The summed E-state index contributed by atoms with van der Waals surface area (Å²) in [6.45, 7) is 0.540. The normalized spacial score (nSPS) is 21.6. The van der Waals surface area contributed by atoms with E-state index >= 15 is 0 Å². The fraction of sp³-hybridized carbons (Fsp3) is 0.533. The second kappa shape index (κ2) is 7.56. The van der Waals surface area contributed by atoms with Crippen LogP contribution in [-0.2, 0) is 4.79 Å². The van der Waals surface area contributed by atoms with Crippen LogP contribution in [0.1, 0.15) is 29.6 Å². The number of nitrogens with one attached hydrogen (secondary N) is 2. The van der Waals surface area contributed by atoms with Crippen molar-refractivity contribution in [1.29, 1.82) is 0 Å². The largest absolute Gasteiger partial charge is 0.359 e. The lowest BCUT2D eigenvalue weighted by molar-refractivity contribution is -0.121. The number of likely N-dealkylation sites (N-methyl/N-ethyl adjacent to an activating group) is 1. The average molecular weight is 325 g/mol. The van der Waals surface area contributed by atoms with Crippen LogP contribution in [0.15, 0.2) is 18.5 Å². The van der Waals surface area contributed by atoms with E-state index in [4.69, 9.17) is 11.6 Å². The van der Waals surface area contributed by atoms with E-state index in [0.717, 1.165) is 12.8 Å². The van der Waals surface area contributed by atoms with Crippen molar-refractivity contribution in [3.05, 3.63) is 29.0 Å². The Labute approximate surface area is 135 Å². The summed E-state index contributed by atoms with van der Waals surface area (Å²) in [4.78, 5) is 29.6. The quantitative estimate of drug-likeness (QED) is 0.849. The third kappa shape index (κ3) is 3.96. The summed E-state index contributed by atoms with van der Waals surface area (Å²) in [5, 5.41) is 5.90. The van der Waals surface area contributed by atoms with Crippen molar-refractivity contribution in [2.45, 2.75) is 31.3 Å². The third-order valence-corrected chi connectivity index (χ3v) is 4.50. The number of likely N-dealkylation sites (tertiary alicyclic amines) is 1. The Balaban J connectivity index is 1.86. The van der Waals surface area contributed by atoms with Crippen molar-refractivity contribution in [3.8, 4) is 0 Å². The molecule has 1 aromatic rings. The van der Waals surface area contributed by atoms with Gasteiger partial charge in [0, 0.05) is 44.5 Å². The Hall–Kier alpha value is -1.66. The fourth-order valence-electron chi connectivity index (χ4n) is 2.76. The summed E-state index contributed by atoms with van der Waals surface area (Å²) in [6.07, 6.45) is 5.41. The molecule has 1 aliphatic rings. The lowest BCUT2D eigenvalue weighted by atomic mass is 10.1. The molecule has 2 rings (SSSR count). The Morgan fingerprint density at radius 1 is 1.41 bits per heavy atom. The number of halogens is 1. The Bertz CT molecular complexity index is 552. The highest BCUT2D eigenvalue weighted by atomic mass is 35.5. The van der Waals surface area contributed by atoms with Gasteiger partial charge in [-0.1, -0.05) is 11.6 Å². The van der Waals surface area contributed by atoms with E-state index in [1.54, 1.807) is 19.3 Å². The van der Waals surface area contributed by atoms with Gasteiger partial charge in [-0.3, -0.25) is 19.5 Å². The van der Waals surface area contributed by atoms with Gasteiger partial charge < -0.3 is 10.6 Å². The standard InChI is InChI=1S/C15H21ClN4O2/c1-17-14(21)7-10-3-4-11(20(10)2)8-19-15(22)12-5-6-18-9-13(12)16/h5-6,9-11H,3-4,7-8H2,1-2H3,(H,17,21)(H,19,22)/t10-,11+/m1/s1. The van der Waals surface area contributed by atoms with Gasteiger partial charge in [0.2, 0.25) is 5.91 Å². The molecule has 0 aromatic carbocycles. The summed E-state index contributed by atoms with van der Waals surface area (Å²) in [6, 6.07) is 2.07. The number of aromatic nitrogens is 1. The van der Waals surface area contributed by atoms with E-state index < -0.39 is 0 Å². The van der Waals surface area contributed by atoms with Crippen LogP contribution < -0.4 is 10.6 Å². The first-order valence-electron chi connectivity index (χ1n) is 7.33. The minimum Gasteiger partial charge on any atom is -0.359 e. The molecule has 0 radical (unpaired) electrons. The fourth-order valence-corrected chi connectivity index (χ4v) is 2.97. The molecule has 2 N–H and O–H groups in total. The molecule has 2 atom stereocenters. The third-order valence-electron chi connectivity index (χ3n) is 4.20. The molecule has 0 unspecified atom stereocenters. The van der Waals surface area contributed by atoms with Gasteiger partial charge in [0.1, 0.15) is 0 Å². The highest BCUT2D eigenvalue weighted by molar-refractivity contribution is 6.33. The average Bonchev–Trinajstić information content (AvgIpc) is 2.85. The maximum Gasteiger partial charge on any atom is 0.252 e. The highest BCUT2D eigenvalue weighted by Gasteiger charge is 2.31. The van der Waals surface area contributed by atoms with Gasteiger partial charge in [0.15, 0.2) is 0 Å². The minimum atomic E-state index is -0.199. The molecule has 7 heteroatoms. The summed E-state index contributed by atoms with van der Waals surface area (Å²) in [5.74, 6) is -0.152. The molecular weight excluding hydrogens is 304 g/mol. The second-order valence-electron chi connectivity index (χ2n) is 5.49. The summed E-state index contributed by atoms with van der Waals surface area (Å²) >= 11 is 5.96. The second-order valence-corrected chi connectivity index (χ2v) is 5.90. The number of rotatable bonds is 5. The molecule has 22 heavy (non-hydrogen) atoms. The van der Waals surface area contributed by atoms with Gasteiger partial charge in [-0.05, 0) is 26.0 Å². The van der Waals surface area contributed by atoms with Crippen molar-refractivity contribution >= 4 is 23.4 Å². The lowest BCUT2D eigenvalue weighted by Gasteiger charge is -2.25. The van der Waals surface area contributed by atoms with Gasteiger partial charge >= 0.3 is 0 Å². The van der Waals surface area contributed by atoms with Gasteiger partial charge in [0.05, 0.1) is 10.6 Å². The smallest absolute Gasteiger partial charge is 0.252 e. The molecule has 120 valence electrons. The van der Waals surface area contributed by atoms with E-state index in [2.05, 4.69) is 20.5 Å². The van der Waals surface area contributed by atoms with Crippen LogP contribution in [0.25, 0.3) is 0 Å². The number of hydrogen-bond donors (Lipinski definition) is 2. The van der Waals surface area contributed by atoms with E-state index in [-0.39, 0.29) is 23.9 Å². The van der Waals surface area contributed by atoms with E-state index in [1.165, 1.54) is 6.20 Å². The summed E-state index contributed by atoms with van der Waals surface area (Å²) < 4.78 is 0. The lowest BCUT2D eigenvalue weighted by Crippen LogP contribution is -2.42. The van der Waals surface area contributed by atoms with Crippen molar-refractivity contribution < 1.29 is 9.59 Å². The van der Waals surface area contributed by atoms with Crippen LogP contribution >= 0.6 is 11.6 Å². The molecule has 0 saturated carbocycles. The zero-order valence-electron chi connectivity index (χ0n) is 12.8. The molecule has 2 amide bonds. The van der Waals surface area contributed by atoms with Crippen LogP contribution in [0, 0.1) is 0 Å². The Morgan fingerprint density at radius 3 is 2.82 bits per heavy atom. The Morgan fingerprint density at radius 2 is 2.14 bits per heavy atom. The number of hydrogen-bond acceptors (Lipinski definition) is 4. The highest BCUT2D eigenvalue weighted by Crippen LogP contribution is 2.24. The minimum absolute atomic E-state index is 0.0464. The monoisotopic (exact) mass is 324 g/mol. The molecule has 0 spiro atoms. The number of carbonyl (C=O) groups excluding carboxylic acids is 2. The number of nitrogens with zero attached hydrogens (tertiary/aromatic N) is 2. The van der Waals surface area contributed by atoms with Gasteiger partial charge in [-0.25, -0.2) is 0 Å². The SMILES string of the molecule is CNC(=O)C[C@H]1CC[C@@H](CNC(=O)c2ccncc2Cl)N1C. The van der Waals surface area contributed by atoms with Crippen LogP contribution in [0.3, 0.4) is 0 Å². The molecular formula is C15H21ClN4O2. The van der Waals surface area contributed by atoms with Crippen molar-refractivity contribution in [3.63, 3.8) is 0 Å². The van der Waals surface area contributed by atoms with E-state index in [1.807, 2.05) is 7.05 Å². The Kier molecular flexibility index (Phi) is 5.74. The predicted molar refractivity (Wildman–Crippen MR) is 84.8 cm³/mol. The van der Waals surface area contributed by atoms with E-state index in [9.17, 15) is 9.59 Å². The van der Waals surface area contributed by atoms with Crippen LogP contribution in [-0.4, -0.2) is 54.4 Å². The van der Waals surface area contributed by atoms with Crippen molar-refractivity contribution in [1.82, 2.24) is 20.5 Å². The topological polar surface area (TPSA) is 74.3 Å². The van der Waals surface area contributed by atoms with Crippen molar-refractivity contribution in [2.75, 3.05) is 20.6 Å². The molecule has 0 aliphatic carbocycles. The first-order chi connectivity index (χ1) is 10.5. The summed E-state index contributed by atoms with van der Waals surface area (Å²) in [5.41, 5.74) is 0.430. The van der Waals surface area contributed by atoms with Gasteiger partial charge in [-0.15, -0.1) is 0 Å². The zero-order valence-corrected chi connectivity index (χ0v) is 13.6. The number of amides is 2. The maximum absolute atomic E-state index is 12.1. The van der Waals surface area contributed by atoms with Crippen LogP contribution in [0.2, 0.25) is 5.02 Å². The van der Waals surface area contributed by atoms with Crippen molar-refractivity contribution in [2.24, 2.45) is 0 Å². The predicted octanol–water partition coefficient (Wildman–Crippen LogP) is 1.06. The molecule has 1 saturated heterocycles. The molecule has 1 aliphatic heterocycles. The molecule has 1 fully saturated rings. The summed E-state index contributed by atoms with van der Waals surface area (Å²) in [7, 11) is 3.64. The molecule has 0 bridgehead atoms. The first kappa shape index (κ1) is 16.7. The molecule has 6 nitrogen and oxygen atoms in total. The maximum atomic E-state index is 12.1. The van der Waals surface area contributed by atoms with Crippen LogP contribution in [0.4, 0.5) is 0 Å².